The molecule has 1 aromatic carbocycles. The molecule has 1 unspecified atom stereocenters. The predicted octanol–water partition coefficient (Wildman–Crippen LogP) is 2.98. The van der Waals surface area contributed by atoms with Gasteiger partial charge in [0.25, 0.3) is 0 Å². The summed E-state index contributed by atoms with van der Waals surface area (Å²) < 4.78 is 0. The first-order valence-electron chi connectivity index (χ1n) is 7.25. The van der Waals surface area contributed by atoms with Crippen molar-refractivity contribution in [3.8, 4) is 0 Å². The summed E-state index contributed by atoms with van der Waals surface area (Å²) in [6.07, 6.45) is 7.41. The molecule has 0 radical (unpaired) electrons. The van der Waals surface area contributed by atoms with E-state index >= 15 is 0 Å². The quantitative estimate of drug-likeness (QED) is 0.929. The van der Waals surface area contributed by atoms with E-state index in [1.165, 1.54) is 11.1 Å². The van der Waals surface area contributed by atoms with E-state index in [2.05, 4.69) is 34.1 Å². The third-order valence-corrected chi connectivity index (χ3v) is 3.90. The third kappa shape index (κ3) is 2.99. The van der Waals surface area contributed by atoms with Gasteiger partial charge in [0.2, 0.25) is 0 Å². The summed E-state index contributed by atoms with van der Waals surface area (Å²) in [6.45, 7) is 0.949. The van der Waals surface area contributed by atoms with Crippen molar-refractivity contribution < 1.29 is 5.11 Å². The largest absolute Gasteiger partial charge is 0.374 e. The van der Waals surface area contributed by atoms with Crippen molar-refractivity contribution in [3.63, 3.8) is 0 Å². The molecule has 1 aromatic heterocycles. The van der Waals surface area contributed by atoms with E-state index in [0.29, 0.717) is 0 Å². The lowest BCUT2D eigenvalue weighted by atomic mass is 10.0. The fourth-order valence-corrected chi connectivity index (χ4v) is 2.76. The highest BCUT2D eigenvalue weighted by molar-refractivity contribution is 5.49. The minimum absolute atomic E-state index is 0.324. The van der Waals surface area contributed by atoms with Crippen molar-refractivity contribution in [2.24, 2.45) is 0 Å². The van der Waals surface area contributed by atoms with Gasteiger partial charge in [-0.25, -0.2) is 0 Å². The first-order valence-corrected chi connectivity index (χ1v) is 7.25. The second kappa shape index (κ2) is 6.06. The minimum atomic E-state index is -0.324. The Labute approximate surface area is 119 Å². The molecule has 1 fully saturated rings. The lowest BCUT2D eigenvalue weighted by molar-refractivity contribution is 0.140. The second-order valence-electron chi connectivity index (χ2n) is 5.37. The van der Waals surface area contributed by atoms with Crippen LogP contribution in [-0.2, 0) is 6.42 Å². The molecule has 1 aliphatic heterocycles. The average molecular weight is 268 g/mol. The molecule has 2 heterocycles. The lowest BCUT2D eigenvalue weighted by Crippen LogP contribution is -2.39. The topological polar surface area (TPSA) is 36.4 Å². The maximum absolute atomic E-state index is 10.0. The van der Waals surface area contributed by atoms with Gasteiger partial charge in [-0.3, -0.25) is 4.98 Å². The van der Waals surface area contributed by atoms with Gasteiger partial charge in [0.15, 0.2) is 0 Å². The number of anilines is 1. The molecule has 1 aliphatic rings. The molecular formula is C17H20N2O. The average Bonchev–Trinajstić information content (AvgIpc) is 2.50. The molecule has 0 saturated carbocycles. The SMILES string of the molecule is OC1CCCCN1c1ccc(Cc2ccncc2)cc1. The van der Waals surface area contributed by atoms with Crippen LogP contribution in [0, 0.1) is 0 Å². The molecule has 20 heavy (non-hydrogen) atoms. The Bertz CT molecular complexity index is 539. The Balaban J connectivity index is 1.71. The summed E-state index contributed by atoms with van der Waals surface area (Å²) in [4.78, 5) is 6.13. The number of piperidine rings is 1. The molecule has 3 nitrogen and oxygen atoms in total. The number of benzene rings is 1. The molecule has 1 saturated heterocycles. The molecule has 2 aromatic rings. The van der Waals surface area contributed by atoms with Crippen molar-refractivity contribution in [2.45, 2.75) is 31.9 Å². The highest BCUT2D eigenvalue weighted by atomic mass is 16.3. The number of pyridine rings is 1. The maximum Gasteiger partial charge on any atom is 0.126 e. The van der Waals surface area contributed by atoms with Crippen LogP contribution in [-0.4, -0.2) is 22.9 Å². The number of hydrogen-bond acceptors (Lipinski definition) is 3. The summed E-state index contributed by atoms with van der Waals surface area (Å²) in [6, 6.07) is 12.6. The van der Waals surface area contributed by atoms with Crippen LogP contribution in [0.1, 0.15) is 30.4 Å². The van der Waals surface area contributed by atoms with Gasteiger partial charge < -0.3 is 10.0 Å². The van der Waals surface area contributed by atoms with Crippen LogP contribution >= 0.6 is 0 Å². The van der Waals surface area contributed by atoms with E-state index < -0.39 is 0 Å². The molecule has 0 bridgehead atoms. The van der Waals surface area contributed by atoms with E-state index in [1.54, 1.807) is 0 Å². The van der Waals surface area contributed by atoms with Gasteiger partial charge in [-0.2, -0.15) is 0 Å². The van der Waals surface area contributed by atoms with Crippen molar-refractivity contribution >= 4 is 5.69 Å². The standard InChI is InChI=1S/C17H20N2O/c20-17-3-1-2-12-19(17)16-6-4-14(5-7-16)13-15-8-10-18-11-9-15/h4-11,17,20H,1-3,12-13H2. The Morgan fingerprint density at radius 3 is 2.40 bits per heavy atom. The molecule has 3 rings (SSSR count). The van der Waals surface area contributed by atoms with Gasteiger partial charge in [0.1, 0.15) is 6.23 Å². The summed E-state index contributed by atoms with van der Waals surface area (Å²) in [7, 11) is 0. The van der Waals surface area contributed by atoms with Crippen LogP contribution in [0.3, 0.4) is 0 Å². The fourth-order valence-electron chi connectivity index (χ4n) is 2.76. The Kier molecular flexibility index (Phi) is 3.97. The highest BCUT2D eigenvalue weighted by Crippen LogP contribution is 2.24. The molecule has 3 heteroatoms. The Morgan fingerprint density at radius 1 is 1.00 bits per heavy atom. The monoisotopic (exact) mass is 268 g/mol. The molecule has 104 valence electrons. The minimum Gasteiger partial charge on any atom is -0.374 e. The normalized spacial score (nSPS) is 19.1. The smallest absolute Gasteiger partial charge is 0.126 e. The van der Waals surface area contributed by atoms with Crippen LogP contribution in [0.25, 0.3) is 0 Å². The van der Waals surface area contributed by atoms with E-state index in [1.807, 2.05) is 24.5 Å². The molecule has 0 aliphatic carbocycles. The molecule has 0 spiro atoms. The first-order chi connectivity index (χ1) is 9.83. The van der Waals surface area contributed by atoms with E-state index in [-0.39, 0.29) is 6.23 Å². The van der Waals surface area contributed by atoms with Crippen molar-refractivity contribution in [1.29, 1.82) is 0 Å². The Morgan fingerprint density at radius 2 is 1.70 bits per heavy atom. The van der Waals surface area contributed by atoms with Gasteiger partial charge in [0, 0.05) is 24.6 Å². The van der Waals surface area contributed by atoms with E-state index in [0.717, 1.165) is 37.9 Å². The molecule has 1 atom stereocenters. The third-order valence-electron chi connectivity index (χ3n) is 3.90. The zero-order valence-electron chi connectivity index (χ0n) is 11.6. The number of aliphatic hydroxyl groups excluding tert-OH is 1. The zero-order chi connectivity index (χ0) is 13.8. The lowest BCUT2D eigenvalue weighted by Gasteiger charge is -2.34. The number of aliphatic hydroxyl groups is 1. The van der Waals surface area contributed by atoms with Crippen LogP contribution in [0.2, 0.25) is 0 Å². The predicted molar refractivity (Wildman–Crippen MR) is 80.7 cm³/mol. The van der Waals surface area contributed by atoms with Crippen LogP contribution < -0.4 is 4.90 Å². The molecule has 1 N–H and O–H groups in total. The van der Waals surface area contributed by atoms with Crippen LogP contribution in [0.15, 0.2) is 48.8 Å². The van der Waals surface area contributed by atoms with Crippen molar-refractivity contribution in [1.82, 2.24) is 4.98 Å². The molecular weight excluding hydrogens is 248 g/mol. The van der Waals surface area contributed by atoms with Crippen molar-refractivity contribution in [3.05, 3.63) is 59.9 Å². The summed E-state index contributed by atoms with van der Waals surface area (Å²) in [5.41, 5.74) is 3.67. The summed E-state index contributed by atoms with van der Waals surface area (Å²) >= 11 is 0. The van der Waals surface area contributed by atoms with Crippen LogP contribution in [0.4, 0.5) is 5.69 Å². The van der Waals surface area contributed by atoms with Crippen LogP contribution in [0.5, 0.6) is 0 Å². The number of rotatable bonds is 3. The van der Waals surface area contributed by atoms with Gasteiger partial charge in [-0.15, -0.1) is 0 Å². The van der Waals surface area contributed by atoms with Gasteiger partial charge in [-0.1, -0.05) is 12.1 Å². The Hall–Kier alpha value is -1.87. The van der Waals surface area contributed by atoms with Gasteiger partial charge >= 0.3 is 0 Å². The van der Waals surface area contributed by atoms with Gasteiger partial charge in [0.05, 0.1) is 0 Å². The summed E-state index contributed by atoms with van der Waals surface area (Å²) in [5, 5.41) is 10.0. The number of nitrogens with zero attached hydrogens (tertiary/aromatic N) is 2. The maximum atomic E-state index is 10.0. The number of hydrogen-bond donors (Lipinski definition) is 1. The fraction of sp³-hybridized carbons (Fsp3) is 0.353. The summed E-state index contributed by atoms with van der Waals surface area (Å²) in [5.74, 6) is 0. The first kappa shape index (κ1) is 13.1. The van der Waals surface area contributed by atoms with E-state index in [4.69, 9.17) is 0 Å². The highest BCUT2D eigenvalue weighted by Gasteiger charge is 2.19. The second-order valence-corrected chi connectivity index (χ2v) is 5.37. The molecule has 0 amide bonds. The zero-order valence-corrected chi connectivity index (χ0v) is 11.6. The van der Waals surface area contributed by atoms with E-state index in [9.17, 15) is 5.11 Å². The van der Waals surface area contributed by atoms with Crippen molar-refractivity contribution in [2.75, 3.05) is 11.4 Å². The van der Waals surface area contributed by atoms with Gasteiger partial charge in [-0.05, 0) is 61.1 Å². The number of aromatic nitrogens is 1.